The van der Waals surface area contributed by atoms with Gasteiger partial charge in [-0.15, -0.1) is 0 Å². The molecule has 0 unspecified atom stereocenters. The zero-order chi connectivity index (χ0) is 26.3. The molecule has 0 bridgehead atoms. The maximum Gasteiger partial charge on any atom is 0.416 e. The van der Waals surface area contributed by atoms with Gasteiger partial charge in [0.2, 0.25) is 0 Å². The van der Waals surface area contributed by atoms with Crippen molar-refractivity contribution in [2.24, 2.45) is 0 Å². The van der Waals surface area contributed by atoms with Crippen molar-refractivity contribution in [1.82, 2.24) is 14.9 Å². The number of carbonyl (C=O) groups is 1. The molecule has 5 rings (SSSR count). The number of anilines is 2. The minimum atomic E-state index is -4.70. The van der Waals surface area contributed by atoms with Crippen molar-refractivity contribution in [3.63, 3.8) is 0 Å². The van der Waals surface area contributed by atoms with E-state index in [1.54, 1.807) is 13.0 Å². The second-order valence-electron chi connectivity index (χ2n) is 9.42. The van der Waals surface area contributed by atoms with E-state index in [0.29, 0.717) is 23.0 Å². The molecule has 0 saturated carbocycles. The number of likely N-dealkylation sites (tertiary alicyclic amines) is 1. The number of amides is 1. The lowest BCUT2D eigenvalue weighted by molar-refractivity contribution is -0.137. The molecule has 0 spiro atoms. The van der Waals surface area contributed by atoms with Crippen LogP contribution in [-0.4, -0.2) is 46.5 Å². The van der Waals surface area contributed by atoms with Gasteiger partial charge < -0.3 is 20.5 Å². The molecule has 1 saturated heterocycles. The largest absolute Gasteiger partial charge is 0.416 e. The number of aromatic nitrogens is 2. The van der Waals surface area contributed by atoms with Gasteiger partial charge in [-0.2, -0.15) is 13.2 Å². The van der Waals surface area contributed by atoms with Crippen molar-refractivity contribution in [3.05, 3.63) is 76.6 Å². The van der Waals surface area contributed by atoms with Crippen LogP contribution in [0.15, 0.2) is 42.6 Å². The quantitative estimate of drug-likeness (QED) is 0.303. The first-order valence-corrected chi connectivity index (χ1v) is 12.2. The van der Waals surface area contributed by atoms with Gasteiger partial charge in [0.15, 0.2) is 0 Å². The van der Waals surface area contributed by atoms with E-state index < -0.39 is 23.5 Å². The summed E-state index contributed by atoms with van der Waals surface area (Å²) in [6, 6.07) is 8.06. The predicted molar refractivity (Wildman–Crippen MR) is 134 cm³/mol. The van der Waals surface area contributed by atoms with Crippen molar-refractivity contribution in [2.75, 3.05) is 30.3 Å². The van der Waals surface area contributed by atoms with E-state index in [-0.39, 0.29) is 28.6 Å². The number of aromatic amines is 1. The molecular weight excluding hydrogens is 486 g/mol. The van der Waals surface area contributed by atoms with E-state index in [0.717, 1.165) is 50.3 Å². The number of hydrogen-bond donors (Lipinski definition) is 3. The van der Waals surface area contributed by atoms with E-state index in [4.69, 9.17) is 0 Å². The Hall–Kier alpha value is -3.66. The first-order valence-electron chi connectivity index (χ1n) is 12.2. The Kier molecular flexibility index (Phi) is 6.53. The van der Waals surface area contributed by atoms with Crippen LogP contribution >= 0.6 is 0 Å². The first kappa shape index (κ1) is 25.0. The highest BCUT2D eigenvalue weighted by molar-refractivity contribution is 6.38. The minimum absolute atomic E-state index is 0.101. The normalized spacial score (nSPS) is 18.1. The number of nitrogens with one attached hydrogen (secondary N) is 3. The van der Waals surface area contributed by atoms with Gasteiger partial charge in [0.1, 0.15) is 11.6 Å². The van der Waals surface area contributed by atoms with Gasteiger partial charge in [-0.1, -0.05) is 13.0 Å². The second kappa shape index (κ2) is 9.66. The molecule has 6 nitrogen and oxygen atoms in total. The molecule has 3 N–H and O–H groups in total. The van der Waals surface area contributed by atoms with Crippen LogP contribution in [0, 0.1) is 12.7 Å². The molecule has 37 heavy (non-hydrogen) atoms. The number of H-pyrrole nitrogens is 1. The lowest BCUT2D eigenvalue weighted by atomic mass is 9.93. The van der Waals surface area contributed by atoms with Crippen molar-refractivity contribution >= 4 is 28.4 Å². The van der Waals surface area contributed by atoms with Crippen LogP contribution < -0.4 is 10.6 Å². The van der Waals surface area contributed by atoms with E-state index >= 15 is 4.39 Å². The van der Waals surface area contributed by atoms with Gasteiger partial charge in [0.05, 0.1) is 11.1 Å². The molecular formula is C27H27F4N5O. The Morgan fingerprint density at radius 1 is 1.16 bits per heavy atom. The number of piperidine rings is 1. The summed E-state index contributed by atoms with van der Waals surface area (Å²) in [7, 11) is 0. The molecule has 10 heteroatoms. The Morgan fingerprint density at radius 2 is 1.92 bits per heavy atom. The van der Waals surface area contributed by atoms with E-state index in [1.807, 2.05) is 12.1 Å². The second-order valence-corrected chi connectivity index (χ2v) is 9.42. The van der Waals surface area contributed by atoms with Crippen molar-refractivity contribution in [3.8, 4) is 0 Å². The van der Waals surface area contributed by atoms with E-state index in [2.05, 4.69) is 32.4 Å². The smallest absolute Gasteiger partial charge is 0.382 e. The average Bonchev–Trinajstić information content (AvgIpc) is 3.43. The molecule has 1 amide bonds. The van der Waals surface area contributed by atoms with Crippen LogP contribution in [0.3, 0.4) is 0 Å². The third kappa shape index (κ3) is 4.98. The Morgan fingerprint density at radius 3 is 2.54 bits per heavy atom. The Bertz CT molecular complexity index is 1370. The summed E-state index contributed by atoms with van der Waals surface area (Å²) >= 11 is 0. The van der Waals surface area contributed by atoms with Crippen LogP contribution in [0.2, 0.25) is 0 Å². The molecule has 1 fully saturated rings. The summed E-state index contributed by atoms with van der Waals surface area (Å²) in [4.78, 5) is 22.9. The molecule has 0 radical (unpaired) electrons. The number of alkyl halides is 3. The van der Waals surface area contributed by atoms with E-state index in [1.165, 1.54) is 6.20 Å². The molecule has 2 aliphatic rings. The fourth-order valence-electron chi connectivity index (χ4n) is 4.95. The highest BCUT2D eigenvalue weighted by atomic mass is 19.4. The number of hydrogen-bond acceptors (Lipinski definition) is 4. The van der Waals surface area contributed by atoms with Gasteiger partial charge >= 0.3 is 6.18 Å². The molecule has 0 aliphatic carbocycles. The lowest BCUT2D eigenvalue weighted by Crippen LogP contribution is -2.38. The maximum atomic E-state index is 15.2. The first-order chi connectivity index (χ1) is 17.6. The zero-order valence-electron chi connectivity index (χ0n) is 20.5. The highest BCUT2D eigenvalue weighted by Crippen LogP contribution is 2.42. The van der Waals surface area contributed by atoms with E-state index in [9.17, 15) is 18.0 Å². The molecule has 3 heterocycles. The number of fused-ring (bicyclic) bond motifs is 1. The Balaban J connectivity index is 1.60. The van der Waals surface area contributed by atoms with Crippen LogP contribution in [0.5, 0.6) is 0 Å². The van der Waals surface area contributed by atoms with Crippen molar-refractivity contribution in [1.29, 1.82) is 0 Å². The molecule has 194 valence electrons. The SMILES string of the molecule is CCN1CCC(Nc2ccc3c(c2)C(=C(c2ncc(C)[nH]2)c2ccc(C(F)(F)F)cc2F)C(=O)N3)CC1. The minimum Gasteiger partial charge on any atom is -0.382 e. The summed E-state index contributed by atoms with van der Waals surface area (Å²) in [5.41, 5.74) is 1.54. The molecule has 3 aromatic rings. The molecule has 2 aromatic carbocycles. The van der Waals surface area contributed by atoms with Crippen LogP contribution in [0.4, 0.5) is 28.9 Å². The average molecular weight is 514 g/mol. The summed E-state index contributed by atoms with van der Waals surface area (Å²) in [5, 5.41) is 6.34. The van der Waals surface area contributed by atoms with Gasteiger partial charge in [0, 0.05) is 59.1 Å². The van der Waals surface area contributed by atoms with Crippen LogP contribution in [0.1, 0.15) is 48.0 Å². The summed E-state index contributed by atoms with van der Waals surface area (Å²) in [5.74, 6) is -1.38. The van der Waals surface area contributed by atoms with Crippen molar-refractivity contribution < 1.29 is 22.4 Å². The number of imidazole rings is 1. The summed E-state index contributed by atoms with van der Waals surface area (Å²) in [6.45, 7) is 6.90. The standard InChI is InChI=1S/C27H27F4N5O/c1-3-36-10-8-17(9-11-36)34-18-5-7-22-20(13-18)24(26(37)35-22)23(25-32-14-15(2)33-25)19-6-4-16(12-21(19)28)27(29,30)31/h4-7,12-14,17,34H,3,8-11H2,1-2H3,(H,32,33)(H,35,37). The highest BCUT2D eigenvalue weighted by Gasteiger charge is 2.34. The number of rotatable bonds is 5. The van der Waals surface area contributed by atoms with Crippen molar-refractivity contribution in [2.45, 2.75) is 38.9 Å². The van der Waals surface area contributed by atoms with Gasteiger partial charge in [-0.3, -0.25) is 4.79 Å². The van der Waals surface area contributed by atoms with Gasteiger partial charge in [-0.05, 0) is 56.6 Å². The fourth-order valence-corrected chi connectivity index (χ4v) is 4.95. The third-order valence-electron chi connectivity index (χ3n) is 6.93. The third-order valence-corrected chi connectivity index (χ3v) is 6.93. The van der Waals surface area contributed by atoms with Crippen LogP contribution in [0.25, 0.3) is 11.1 Å². The summed E-state index contributed by atoms with van der Waals surface area (Å²) in [6.07, 6.45) is -1.21. The fraction of sp³-hybridized carbons (Fsp3) is 0.333. The number of halogens is 4. The monoisotopic (exact) mass is 513 g/mol. The number of aryl methyl sites for hydroxylation is 1. The van der Waals surface area contributed by atoms with Gasteiger partial charge in [0.25, 0.3) is 5.91 Å². The maximum absolute atomic E-state index is 15.2. The van der Waals surface area contributed by atoms with Crippen LogP contribution in [-0.2, 0) is 11.0 Å². The zero-order valence-corrected chi connectivity index (χ0v) is 20.5. The summed E-state index contributed by atoms with van der Waals surface area (Å²) < 4.78 is 54.8. The predicted octanol–water partition coefficient (Wildman–Crippen LogP) is 5.68. The molecule has 1 aromatic heterocycles. The van der Waals surface area contributed by atoms with Gasteiger partial charge in [-0.25, -0.2) is 9.37 Å². The molecule has 0 atom stereocenters. The number of carbonyl (C=O) groups excluding carboxylic acids is 1. The number of nitrogens with zero attached hydrogens (tertiary/aromatic N) is 2. The lowest BCUT2D eigenvalue weighted by Gasteiger charge is -2.32. The number of benzene rings is 2. The Labute approximate surface area is 211 Å². The topological polar surface area (TPSA) is 73.0 Å². The molecule has 2 aliphatic heterocycles.